The van der Waals surface area contributed by atoms with Crippen molar-refractivity contribution in [1.29, 1.82) is 0 Å². The first-order chi connectivity index (χ1) is 10.8. The number of nitrogens with zero attached hydrogens (tertiary/aromatic N) is 1. The van der Waals surface area contributed by atoms with E-state index in [1.54, 1.807) is 7.11 Å². The van der Waals surface area contributed by atoms with Crippen LogP contribution in [0.3, 0.4) is 0 Å². The van der Waals surface area contributed by atoms with Gasteiger partial charge in [0.1, 0.15) is 5.75 Å². The Morgan fingerprint density at radius 3 is 3.05 bits per heavy atom. The fourth-order valence-corrected chi connectivity index (χ4v) is 2.83. The molecule has 0 bridgehead atoms. The molecule has 0 spiro atoms. The second-order valence-corrected chi connectivity index (χ2v) is 5.57. The van der Waals surface area contributed by atoms with Crippen LogP contribution < -0.4 is 10.1 Å². The summed E-state index contributed by atoms with van der Waals surface area (Å²) in [5.74, 6) is 0.839. The van der Waals surface area contributed by atoms with E-state index in [-0.39, 0.29) is 5.91 Å². The average Bonchev–Trinajstić information content (AvgIpc) is 3.00. The van der Waals surface area contributed by atoms with Crippen LogP contribution in [0.4, 0.5) is 0 Å². The third-order valence-electron chi connectivity index (χ3n) is 3.92. The van der Waals surface area contributed by atoms with Gasteiger partial charge in [0.05, 0.1) is 6.61 Å². The summed E-state index contributed by atoms with van der Waals surface area (Å²) in [5.41, 5.74) is 0.701. The molecule has 1 N–H and O–H groups in total. The lowest BCUT2D eigenvalue weighted by atomic mass is 10.1. The minimum atomic E-state index is 0.0973. The molecule has 2 rings (SSSR count). The van der Waals surface area contributed by atoms with Gasteiger partial charge in [-0.15, -0.1) is 0 Å². The summed E-state index contributed by atoms with van der Waals surface area (Å²) in [6.45, 7) is 2.96. The fourth-order valence-electron chi connectivity index (χ4n) is 2.83. The number of ether oxygens (including phenoxy) is 2. The highest BCUT2D eigenvalue weighted by atomic mass is 16.5. The van der Waals surface area contributed by atoms with Crippen molar-refractivity contribution in [3.8, 4) is 5.75 Å². The Morgan fingerprint density at radius 2 is 2.27 bits per heavy atom. The molecule has 1 fully saturated rings. The molecule has 5 nitrogen and oxygen atoms in total. The summed E-state index contributed by atoms with van der Waals surface area (Å²) in [6.07, 6.45) is 2.98. The van der Waals surface area contributed by atoms with Gasteiger partial charge in [0.25, 0.3) is 5.91 Å². The Balaban J connectivity index is 1.97. The Labute approximate surface area is 132 Å². The predicted octanol–water partition coefficient (Wildman–Crippen LogP) is 1.93. The largest absolute Gasteiger partial charge is 0.493 e. The predicted molar refractivity (Wildman–Crippen MR) is 86.4 cm³/mol. The summed E-state index contributed by atoms with van der Waals surface area (Å²) in [4.78, 5) is 14.7. The van der Waals surface area contributed by atoms with Gasteiger partial charge in [0.2, 0.25) is 0 Å². The first kappa shape index (κ1) is 16.8. The minimum absolute atomic E-state index is 0.0973. The molecule has 0 saturated carbocycles. The number of likely N-dealkylation sites (tertiary alicyclic amines) is 1. The van der Waals surface area contributed by atoms with Crippen molar-refractivity contribution in [2.24, 2.45) is 0 Å². The zero-order chi connectivity index (χ0) is 15.8. The van der Waals surface area contributed by atoms with Crippen LogP contribution in [-0.4, -0.2) is 57.3 Å². The van der Waals surface area contributed by atoms with Gasteiger partial charge in [0, 0.05) is 44.8 Å². The molecule has 0 aliphatic carbocycles. The monoisotopic (exact) mass is 306 g/mol. The highest BCUT2D eigenvalue weighted by molar-refractivity contribution is 5.95. The molecule has 22 heavy (non-hydrogen) atoms. The van der Waals surface area contributed by atoms with E-state index in [9.17, 15) is 4.79 Å². The number of hydrogen-bond acceptors (Lipinski definition) is 4. The summed E-state index contributed by atoms with van der Waals surface area (Å²) in [5, 5.41) is 3.17. The number of benzene rings is 1. The average molecular weight is 306 g/mol. The number of carbonyl (C=O) groups is 1. The minimum Gasteiger partial charge on any atom is -0.493 e. The molecule has 1 aromatic carbocycles. The van der Waals surface area contributed by atoms with Gasteiger partial charge in [-0.1, -0.05) is 6.07 Å². The number of carbonyl (C=O) groups excluding carboxylic acids is 1. The lowest BCUT2D eigenvalue weighted by Gasteiger charge is -2.24. The molecule has 0 radical (unpaired) electrons. The summed E-state index contributed by atoms with van der Waals surface area (Å²) >= 11 is 0. The van der Waals surface area contributed by atoms with Crippen LogP contribution in [0.5, 0.6) is 5.75 Å². The smallest absolute Gasteiger partial charge is 0.254 e. The molecule has 1 saturated heterocycles. The summed E-state index contributed by atoms with van der Waals surface area (Å²) in [7, 11) is 3.60. The van der Waals surface area contributed by atoms with Gasteiger partial charge in [-0.3, -0.25) is 4.79 Å². The van der Waals surface area contributed by atoms with Crippen molar-refractivity contribution in [2.75, 3.05) is 40.5 Å². The Kier molecular flexibility index (Phi) is 6.68. The standard InChI is InChI=1S/C17H26N2O3/c1-18-13-15-7-4-9-19(15)17(20)14-6-3-8-16(12-14)22-11-5-10-21-2/h3,6,8,12,15,18H,4-5,7,9-11,13H2,1-2H3. The van der Waals surface area contributed by atoms with Crippen molar-refractivity contribution in [3.63, 3.8) is 0 Å². The number of hydrogen-bond donors (Lipinski definition) is 1. The van der Waals surface area contributed by atoms with E-state index < -0.39 is 0 Å². The van der Waals surface area contributed by atoms with Crippen LogP contribution in [0.1, 0.15) is 29.6 Å². The normalized spacial score (nSPS) is 17.7. The molecule has 1 aromatic rings. The molecule has 5 heteroatoms. The molecule has 122 valence electrons. The van der Waals surface area contributed by atoms with Gasteiger partial charge < -0.3 is 19.7 Å². The van der Waals surface area contributed by atoms with E-state index in [2.05, 4.69) is 5.32 Å². The topological polar surface area (TPSA) is 50.8 Å². The van der Waals surface area contributed by atoms with Crippen LogP contribution in [0.2, 0.25) is 0 Å². The van der Waals surface area contributed by atoms with Gasteiger partial charge >= 0.3 is 0 Å². The van der Waals surface area contributed by atoms with Gasteiger partial charge in [-0.25, -0.2) is 0 Å². The first-order valence-corrected chi connectivity index (χ1v) is 7.93. The number of amides is 1. The van der Waals surface area contributed by atoms with E-state index in [4.69, 9.17) is 9.47 Å². The molecular weight excluding hydrogens is 280 g/mol. The van der Waals surface area contributed by atoms with E-state index in [0.29, 0.717) is 24.8 Å². The number of nitrogens with one attached hydrogen (secondary N) is 1. The maximum Gasteiger partial charge on any atom is 0.254 e. The maximum absolute atomic E-state index is 12.7. The van der Waals surface area contributed by atoms with Crippen molar-refractivity contribution >= 4 is 5.91 Å². The van der Waals surface area contributed by atoms with Gasteiger partial charge in [0.15, 0.2) is 0 Å². The fraction of sp³-hybridized carbons (Fsp3) is 0.588. The molecule has 1 heterocycles. The molecule has 0 aromatic heterocycles. The quantitative estimate of drug-likeness (QED) is 0.746. The highest BCUT2D eigenvalue weighted by Gasteiger charge is 2.28. The van der Waals surface area contributed by atoms with Crippen LogP contribution in [0, 0.1) is 0 Å². The zero-order valence-electron chi connectivity index (χ0n) is 13.5. The summed E-state index contributed by atoms with van der Waals surface area (Å²) in [6, 6.07) is 7.76. The van der Waals surface area contributed by atoms with E-state index in [1.807, 2.05) is 36.2 Å². The SMILES string of the molecule is CNCC1CCCN1C(=O)c1cccc(OCCCOC)c1. The van der Waals surface area contributed by atoms with E-state index >= 15 is 0 Å². The number of rotatable bonds is 8. The second-order valence-electron chi connectivity index (χ2n) is 5.57. The van der Waals surface area contributed by atoms with Gasteiger partial charge in [-0.05, 0) is 38.1 Å². The Hall–Kier alpha value is -1.59. The van der Waals surface area contributed by atoms with Crippen LogP contribution in [0.15, 0.2) is 24.3 Å². The number of methoxy groups -OCH3 is 1. The Bertz CT molecular complexity index is 479. The molecule has 1 unspecified atom stereocenters. The third kappa shape index (κ3) is 4.45. The zero-order valence-corrected chi connectivity index (χ0v) is 13.5. The molecule has 1 amide bonds. The van der Waals surface area contributed by atoms with Crippen molar-refractivity contribution in [2.45, 2.75) is 25.3 Å². The maximum atomic E-state index is 12.7. The van der Waals surface area contributed by atoms with E-state index in [1.165, 1.54) is 0 Å². The van der Waals surface area contributed by atoms with Crippen LogP contribution in [0.25, 0.3) is 0 Å². The Morgan fingerprint density at radius 1 is 1.41 bits per heavy atom. The molecule has 1 aliphatic rings. The lowest BCUT2D eigenvalue weighted by Crippen LogP contribution is -2.40. The molecule has 1 atom stereocenters. The van der Waals surface area contributed by atoms with Gasteiger partial charge in [-0.2, -0.15) is 0 Å². The lowest BCUT2D eigenvalue weighted by molar-refractivity contribution is 0.0736. The van der Waals surface area contributed by atoms with E-state index in [0.717, 1.165) is 38.1 Å². The number of likely N-dealkylation sites (N-methyl/N-ethyl adjacent to an activating group) is 1. The summed E-state index contributed by atoms with van der Waals surface area (Å²) < 4.78 is 10.7. The third-order valence-corrected chi connectivity index (χ3v) is 3.92. The van der Waals surface area contributed by atoms with Crippen molar-refractivity contribution in [3.05, 3.63) is 29.8 Å². The van der Waals surface area contributed by atoms with Crippen molar-refractivity contribution < 1.29 is 14.3 Å². The molecular formula is C17H26N2O3. The molecule has 1 aliphatic heterocycles. The van der Waals surface area contributed by atoms with Crippen LogP contribution >= 0.6 is 0 Å². The van der Waals surface area contributed by atoms with Crippen LogP contribution in [-0.2, 0) is 4.74 Å². The van der Waals surface area contributed by atoms with Crippen molar-refractivity contribution in [1.82, 2.24) is 10.2 Å². The highest BCUT2D eigenvalue weighted by Crippen LogP contribution is 2.21. The second kappa shape index (κ2) is 8.76. The first-order valence-electron chi connectivity index (χ1n) is 7.93.